The molecule has 1 heterocycles. The van der Waals surface area contributed by atoms with Gasteiger partial charge in [-0.1, -0.05) is 6.07 Å². The minimum Gasteiger partial charge on any atom is -0.366 e. The lowest BCUT2D eigenvalue weighted by Crippen LogP contribution is -2.37. The van der Waals surface area contributed by atoms with Gasteiger partial charge >= 0.3 is 0 Å². The van der Waals surface area contributed by atoms with Gasteiger partial charge in [0.1, 0.15) is 0 Å². The summed E-state index contributed by atoms with van der Waals surface area (Å²) >= 11 is 3.71. The van der Waals surface area contributed by atoms with Gasteiger partial charge in [-0.05, 0) is 67.5 Å². The first-order valence-electron chi connectivity index (χ1n) is 6.95. The summed E-state index contributed by atoms with van der Waals surface area (Å²) in [4.78, 5) is 4.79. The highest BCUT2D eigenvalue weighted by molar-refractivity contribution is 9.10. The molecule has 19 heavy (non-hydrogen) atoms. The molecule has 0 aromatic heterocycles. The Morgan fingerprint density at radius 2 is 2.21 bits per heavy atom. The maximum atomic E-state index is 5.94. The van der Waals surface area contributed by atoms with Gasteiger partial charge in [-0.3, -0.25) is 0 Å². The summed E-state index contributed by atoms with van der Waals surface area (Å²) in [5.74, 6) is 0. The van der Waals surface area contributed by atoms with E-state index in [4.69, 9.17) is 5.73 Å². The van der Waals surface area contributed by atoms with E-state index in [1.807, 2.05) is 6.92 Å². The van der Waals surface area contributed by atoms with Crippen molar-refractivity contribution in [3.05, 3.63) is 28.2 Å². The molecule has 1 aliphatic heterocycles. The Bertz CT molecular complexity index is 431. The Labute approximate surface area is 124 Å². The van der Waals surface area contributed by atoms with Crippen LogP contribution in [0.15, 0.2) is 22.7 Å². The van der Waals surface area contributed by atoms with E-state index in [1.54, 1.807) is 0 Å². The number of hydrogen-bond acceptors (Lipinski definition) is 3. The molecule has 1 unspecified atom stereocenters. The predicted octanol–water partition coefficient (Wildman–Crippen LogP) is 3.00. The van der Waals surface area contributed by atoms with Crippen LogP contribution in [0.5, 0.6) is 0 Å². The standard InChI is InChI=1S/C15H24BrN3/c1-11(17)12-6-7-15(14(16)9-12)19-8-4-5-13(19)10-18(2)3/h6-7,9,11,13H,4-5,8,10,17H2,1-3H3/t11-,13?/m0/s1. The molecule has 0 spiro atoms. The predicted molar refractivity (Wildman–Crippen MR) is 85.7 cm³/mol. The molecule has 3 nitrogen and oxygen atoms in total. The molecule has 2 rings (SSSR count). The van der Waals surface area contributed by atoms with Crippen LogP contribution in [-0.2, 0) is 0 Å². The Kier molecular flexibility index (Phi) is 4.87. The SMILES string of the molecule is C[C@H](N)c1ccc(N2CCCC2CN(C)C)c(Br)c1. The summed E-state index contributed by atoms with van der Waals surface area (Å²) in [6.45, 7) is 4.28. The van der Waals surface area contributed by atoms with E-state index in [-0.39, 0.29) is 6.04 Å². The Balaban J connectivity index is 2.21. The van der Waals surface area contributed by atoms with Crippen LogP contribution in [0.1, 0.15) is 31.4 Å². The van der Waals surface area contributed by atoms with Gasteiger partial charge in [0.2, 0.25) is 0 Å². The van der Waals surface area contributed by atoms with E-state index in [2.05, 4.69) is 58.0 Å². The highest BCUT2D eigenvalue weighted by Crippen LogP contribution is 2.33. The summed E-state index contributed by atoms with van der Waals surface area (Å²) in [7, 11) is 4.29. The number of nitrogens with two attached hydrogens (primary N) is 1. The third-order valence-corrected chi connectivity index (χ3v) is 4.40. The summed E-state index contributed by atoms with van der Waals surface area (Å²) in [5.41, 5.74) is 8.42. The normalized spacial score (nSPS) is 21.2. The first kappa shape index (κ1) is 14.8. The molecule has 1 fully saturated rings. The Morgan fingerprint density at radius 3 is 2.79 bits per heavy atom. The first-order valence-corrected chi connectivity index (χ1v) is 7.74. The molecule has 1 aromatic rings. The highest BCUT2D eigenvalue weighted by atomic mass is 79.9. The van der Waals surface area contributed by atoms with Gasteiger partial charge in [0.15, 0.2) is 0 Å². The number of benzene rings is 1. The second kappa shape index (κ2) is 6.25. The fraction of sp³-hybridized carbons (Fsp3) is 0.600. The van der Waals surface area contributed by atoms with Crippen molar-refractivity contribution in [2.75, 3.05) is 32.1 Å². The zero-order valence-corrected chi connectivity index (χ0v) is 13.7. The zero-order valence-electron chi connectivity index (χ0n) is 12.1. The monoisotopic (exact) mass is 325 g/mol. The second-order valence-electron chi connectivity index (χ2n) is 5.75. The van der Waals surface area contributed by atoms with Crippen molar-refractivity contribution < 1.29 is 0 Å². The number of halogens is 1. The molecule has 0 aliphatic carbocycles. The number of likely N-dealkylation sites (N-methyl/N-ethyl adjacent to an activating group) is 1. The lowest BCUT2D eigenvalue weighted by molar-refractivity contribution is 0.372. The molecule has 1 aliphatic rings. The Hall–Kier alpha value is -0.580. The van der Waals surface area contributed by atoms with Crippen LogP contribution in [0.2, 0.25) is 0 Å². The average molecular weight is 326 g/mol. The van der Waals surface area contributed by atoms with Crippen molar-refractivity contribution in [3.8, 4) is 0 Å². The number of anilines is 1. The van der Waals surface area contributed by atoms with E-state index < -0.39 is 0 Å². The van der Waals surface area contributed by atoms with Crippen LogP contribution < -0.4 is 10.6 Å². The first-order chi connectivity index (χ1) is 8.99. The molecular formula is C15H24BrN3. The van der Waals surface area contributed by atoms with E-state index in [0.29, 0.717) is 6.04 Å². The minimum absolute atomic E-state index is 0.0847. The molecule has 1 saturated heterocycles. The molecule has 0 radical (unpaired) electrons. The van der Waals surface area contributed by atoms with Crippen molar-refractivity contribution in [2.24, 2.45) is 5.73 Å². The van der Waals surface area contributed by atoms with Crippen molar-refractivity contribution in [1.82, 2.24) is 4.90 Å². The summed E-state index contributed by atoms with van der Waals surface area (Å²) < 4.78 is 1.16. The van der Waals surface area contributed by atoms with Crippen LogP contribution >= 0.6 is 15.9 Å². The zero-order chi connectivity index (χ0) is 14.0. The summed E-state index contributed by atoms with van der Waals surface area (Å²) in [5, 5.41) is 0. The Morgan fingerprint density at radius 1 is 1.47 bits per heavy atom. The van der Waals surface area contributed by atoms with Gasteiger partial charge in [-0.15, -0.1) is 0 Å². The van der Waals surface area contributed by atoms with Crippen LogP contribution in [0.4, 0.5) is 5.69 Å². The lowest BCUT2D eigenvalue weighted by atomic mass is 10.1. The fourth-order valence-electron chi connectivity index (χ4n) is 2.80. The van der Waals surface area contributed by atoms with Gasteiger partial charge in [0.25, 0.3) is 0 Å². The van der Waals surface area contributed by atoms with Gasteiger partial charge in [0.05, 0.1) is 5.69 Å². The maximum Gasteiger partial charge on any atom is 0.0513 e. The summed E-state index contributed by atoms with van der Waals surface area (Å²) in [6.07, 6.45) is 2.56. The van der Waals surface area contributed by atoms with Gasteiger partial charge in [-0.2, -0.15) is 0 Å². The third-order valence-electron chi connectivity index (χ3n) is 3.76. The van der Waals surface area contributed by atoms with E-state index >= 15 is 0 Å². The quantitative estimate of drug-likeness (QED) is 0.923. The largest absolute Gasteiger partial charge is 0.366 e. The van der Waals surface area contributed by atoms with Crippen LogP contribution in [0.3, 0.4) is 0 Å². The highest BCUT2D eigenvalue weighted by Gasteiger charge is 2.26. The molecule has 0 saturated carbocycles. The van der Waals surface area contributed by atoms with Gasteiger partial charge in [-0.25, -0.2) is 0 Å². The fourth-order valence-corrected chi connectivity index (χ4v) is 3.43. The van der Waals surface area contributed by atoms with Crippen molar-refractivity contribution in [3.63, 3.8) is 0 Å². The van der Waals surface area contributed by atoms with E-state index in [9.17, 15) is 0 Å². The number of rotatable bonds is 4. The van der Waals surface area contributed by atoms with E-state index in [1.165, 1.54) is 24.1 Å². The van der Waals surface area contributed by atoms with Crippen molar-refractivity contribution in [1.29, 1.82) is 0 Å². The third kappa shape index (κ3) is 3.50. The van der Waals surface area contributed by atoms with Crippen molar-refractivity contribution >= 4 is 21.6 Å². The number of nitrogens with zero attached hydrogens (tertiary/aromatic N) is 2. The average Bonchev–Trinajstić information content (AvgIpc) is 2.75. The van der Waals surface area contributed by atoms with Crippen LogP contribution in [0, 0.1) is 0 Å². The van der Waals surface area contributed by atoms with Crippen LogP contribution in [0.25, 0.3) is 0 Å². The molecule has 4 heteroatoms. The molecule has 1 aromatic carbocycles. The topological polar surface area (TPSA) is 32.5 Å². The maximum absolute atomic E-state index is 5.94. The molecule has 106 valence electrons. The van der Waals surface area contributed by atoms with Gasteiger partial charge in [0, 0.05) is 29.6 Å². The van der Waals surface area contributed by atoms with Crippen LogP contribution in [-0.4, -0.2) is 38.1 Å². The number of hydrogen-bond donors (Lipinski definition) is 1. The summed E-state index contributed by atoms with van der Waals surface area (Å²) in [6, 6.07) is 7.21. The van der Waals surface area contributed by atoms with E-state index in [0.717, 1.165) is 17.6 Å². The molecule has 0 amide bonds. The lowest BCUT2D eigenvalue weighted by Gasteiger charge is -2.30. The molecule has 2 atom stereocenters. The molecular weight excluding hydrogens is 302 g/mol. The molecule has 0 bridgehead atoms. The molecule has 2 N–H and O–H groups in total. The smallest absolute Gasteiger partial charge is 0.0513 e. The minimum atomic E-state index is 0.0847. The van der Waals surface area contributed by atoms with Crippen molar-refractivity contribution in [2.45, 2.75) is 31.8 Å². The van der Waals surface area contributed by atoms with Gasteiger partial charge < -0.3 is 15.5 Å². The second-order valence-corrected chi connectivity index (χ2v) is 6.61.